The van der Waals surface area contributed by atoms with Gasteiger partial charge in [-0.05, 0) is 30.7 Å². The Hall–Kier alpha value is -2.81. The number of nitrogens with zero attached hydrogens (tertiary/aromatic N) is 2. The van der Waals surface area contributed by atoms with E-state index in [1.165, 1.54) is 6.92 Å². The number of hydrogen-bond donors (Lipinski definition) is 3. The van der Waals surface area contributed by atoms with Gasteiger partial charge in [0.2, 0.25) is 5.91 Å². The molecule has 1 aliphatic rings. The average Bonchev–Trinajstić information content (AvgIpc) is 2.87. The number of hydrogen-bond acceptors (Lipinski definition) is 6. The molecule has 1 aliphatic heterocycles. The number of carbonyl (C=O) groups excluding carboxylic acids is 1. The number of ether oxygens (including phenoxy) is 1. The minimum Gasteiger partial charge on any atom is -0.491 e. The molecule has 7 nitrogen and oxygen atoms in total. The fourth-order valence-corrected chi connectivity index (χ4v) is 5.29. The summed E-state index contributed by atoms with van der Waals surface area (Å²) in [5, 5.41) is 3.65. The van der Waals surface area contributed by atoms with Crippen molar-refractivity contribution >= 4 is 33.2 Å². The first-order valence-corrected chi connectivity index (χ1v) is 11.9. The number of benzene rings is 2. The largest absolute Gasteiger partial charge is 0.491 e. The molecule has 0 atom stereocenters. The van der Waals surface area contributed by atoms with E-state index in [4.69, 9.17) is 9.72 Å². The SMILES string of the molecule is CC(=O)NCCOc1cc(N2CCS(O)(O)c3ccccc3C2)nc2ccc(C)cc12. The van der Waals surface area contributed by atoms with Crippen molar-refractivity contribution in [2.75, 3.05) is 30.3 Å². The first-order valence-electron chi connectivity index (χ1n) is 10.2. The molecular formula is C23H27N3O4S. The van der Waals surface area contributed by atoms with Crippen LogP contribution in [0.3, 0.4) is 0 Å². The lowest BCUT2D eigenvalue weighted by Crippen LogP contribution is -2.27. The van der Waals surface area contributed by atoms with E-state index in [2.05, 4.69) is 10.2 Å². The average molecular weight is 442 g/mol. The van der Waals surface area contributed by atoms with Gasteiger partial charge in [-0.2, -0.15) is 10.6 Å². The maximum atomic E-state index is 11.1. The fourth-order valence-electron chi connectivity index (χ4n) is 3.75. The topological polar surface area (TPSA) is 94.9 Å². The van der Waals surface area contributed by atoms with Gasteiger partial charge in [-0.3, -0.25) is 13.9 Å². The third-order valence-electron chi connectivity index (χ3n) is 5.30. The van der Waals surface area contributed by atoms with E-state index in [9.17, 15) is 13.9 Å². The molecule has 3 aromatic rings. The van der Waals surface area contributed by atoms with Gasteiger partial charge in [0.05, 0.1) is 22.7 Å². The molecule has 0 fully saturated rings. The number of carbonyl (C=O) groups is 1. The maximum absolute atomic E-state index is 11.1. The standard InChI is InChI=1S/C23H27N3O4S/c1-16-7-8-20-19(13-16)21(30-11-9-24-17(2)27)14-23(25-20)26-10-12-31(28,29)22-6-4-3-5-18(22)15-26/h3-8,13-14,28-29H,9-12,15H2,1-2H3,(H,24,27). The molecule has 1 aromatic heterocycles. The van der Waals surface area contributed by atoms with Crippen LogP contribution in [-0.4, -0.2) is 45.4 Å². The molecule has 1 amide bonds. The van der Waals surface area contributed by atoms with Crippen molar-refractivity contribution in [3.63, 3.8) is 0 Å². The van der Waals surface area contributed by atoms with Gasteiger partial charge in [0.15, 0.2) is 0 Å². The Morgan fingerprint density at radius 1 is 1.23 bits per heavy atom. The number of nitrogens with one attached hydrogen (secondary N) is 1. The number of anilines is 1. The van der Waals surface area contributed by atoms with Crippen LogP contribution in [0.1, 0.15) is 18.1 Å². The maximum Gasteiger partial charge on any atom is 0.216 e. The van der Waals surface area contributed by atoms with E-state index >= 15 is 0 Å². The first-order chi connectivity index (χ1) is 14.8. The van der Waals surface area contributed by atoms with Crippen LogP contribution in [0.5, 0.6) is 5.75 Å². The summed E-state index contributed by atoms with van der Waals surface area (Å²) in [5.41, 5.74) is 2.80. The molecule has 0 spiro atoms. The Morgan fingerprint density at radius 3 is 2.84 bits per heavy atom. The molecule has 0 radical (unpaired) electrons. The lowest BCUT2D eigenvalue weighted by Gasteiger charge is -2.32. The fraction of sp³-hybridized carbons (Fsp3) is 0.304. The molecule has 0 aliphatic carbocycles. The molecule has 164 valence electrons. The normalized spacial score (nSPS) is 16.3. The van der Waals surface area contributed by atoms with Crippen molar-refractivity contribution in [1.82, 2.24) is 10.3 Å². The van der Waals surface area contributed by atoms with Crippen LogP contribution in [-0.2, 0) is 11.3 Å². The summed E-state index contributed by atoms with van der Waals surface area (Å²) in [5.74, 6) is 1.56. The second-order valence-electron chi connectivity index (χ2n) is 7.73. The Kier molecular flexibility index (Phi) is 6.04. The van der Waals surface area contributed by atoms with Gasteiger partial charge in [0, 0.05) is 31.5 Å². The minimum atomic E-state index is -2.84. The lowest BCUT2D eigenvalue weighted by molar-refractivity contribution is -0.119. The highest BCUT2D eigenvalue weighted by atomic mass is 32.3. The number of pyridine rings is 1. The number of aromatic nitrogens is 1. The van der Waals surface area contributed by atoms with Gasteiger partial charge < -0.3 is 15.0 Å². The predicted octanol–water partition coefficient (Wildman–Crippen LogP) is 4.19. The van der Waals surface area contributed by atoms with Crippen molar-refractivity contribution in [3.05, 3.63) is 59.7 Å². The summed E-state index contributed by atoms with van der Waals surface area (Å²) in [6.07, 6.45) is 0. The van der Waals surface area contributed by atoms with Gasteiger partial charge in [-0.1, -0.05) is 29.8 Å². The van der Waals surface area contributed by atoms with Crippen molar-refractivity contribution in [2.45, 2.75) is 25.3 Å². The number of aryl methyl sites for hydroxylation is 1. The van der Waals surface area contributed by atoms with Crippen molar-refractivity contribution in [2.24, 2.45) is 0 Å². The third-order valence-corrected chi connectivity index (χ3v) is 7.16. The Labute approximate surface area is 183 Å². The minimum absolute atomic E-state index is 0.0954. The van der Waals surface area contributed by atoms with Gasteiger partial charge in [0.25, 0.3) is 0 Å². The summed E-state index contributed by atoms with van der Waals surface area (Å²) >= 11 is 0. The highest BCUT2D eigenvalue weighted by Crippen LogP contribution is 2.51. The van der Waals surface area contributed by atoms with Crippen LogP contribution in [0.2, 0.25) is 0 Å². The molecule has 2 heterocycles. The Balaban J connectivity index is 1.69. The molecule has 0 saturated heterocycles. The highest BCUT2D eigenvalue weighted by Gasteiger charge is 2.26. The Bertz CT molecular complexity index is 1120. The number of amides is 1. The van der Waals surface area contributed by atoms with Gasteiger partial charge >= 0.3 is 0 Å². The van der Waals surface area contributed by atoms with Gasteiger partial charge in [-0.25, -0.2) is 4.98 Å². The number of fused-ring (bicyclic) bond motifs is 2. The predicted molar refractivity (Wildman–Crippen MR) is 124 cm³/mol. The summed E-state index contributed by atoms with van der Waals surface area (Å²) in [4.78, 5) is 18.6. The van der Waals surface area contributed by atoms with E-state index < -0.39 is 10.6 Å². The van der Waals surface area contributed by atoms with Crippen LogP contribution in [0.25, 0.3) is 10.9 Å². The van der Waals surface area contributed by atoms with Crippen LogP contribution in [0, 0.1) is 6.92 Å². The molecule has 8 heteroatoms. The van der Waals surface area contributed by atoms with Gasteiger partial charge in [0.1, 0.15) is 18.2 Å². The zero-order valence-electron chi connectivity index (χ0n) is 17.7. The van der Waals surface area contributed by atoms with Crippen molar-refractivity contribution in [1.29, 1.82) is 0 Å². The van der Waals surface area contributed by atoms with Crippen molar-refractivity contribution < 1.29 is 18.6 Å². The number of rotatable bonds is 5. The molecular weight excluding hydrogens is 414 g/mol. The zero-order chi connectivity index (χ0) is 22.0. The molecule has 2 aromatic carbocycles. The van der Waals surface area contributed by atoms with Crippen LogP contribution in [0.15, 0.2) is 53.4 Å². The van der Waals surface area contributed by atoms with Crippen LogP contribution < -0.4 is 15.0 Å². The zero-order valence-corrected chi connectivity index (χ0v) is 18.5. The summed E-state index contributed by atoms with van der Waals surface area (Å²) in [6.45, 7) is 5.25. The van der Waals surface area contributed by atoms with E-state index in [0.29, 0.717) is 36.9 Å². The molecule has 3 N–H and O–H groups in total. The van der Waals surface area contributed by atoms with Crippen LogP contribution in [0.4, 0.5) is 5.82 Å². The van der Waals surface area contributed by atoms with E-state index in [1.807, 2.05) is 49.4 Å². The summed E-state index contributed by atoms with van der Waals surface area (Å²) in [6, 6.07) is 15.4. The van der Waals surface area contributed by atoms with Crippen LogP contribution >= 0.6 is 10.6 Å². The van der Waals surface area contributed by atoms with Gasteiger partial charge in [-0.15, -0.1) is 0 Å². The smallest absolute Gasteiger partial charge is 0.216 e. The molecule has 0 unspecified atom stereocenters. The quantitative estimate of drug-likeness (QED) is 0.514. The summed E-state index contributed by atoms with van der Waals surface area (Å²) < 4.78 is 27.3. The van der Waals surface area contributed by atoms with Crippen molar-refractivity contribution in [3.8, 4) is 5.75 Å². The molecule has 0 saturated carbocycles. The third kappa shape index (κ3) is 4.76. The lowest BCUT2D eigenvalue weighted by atomic mass is 10.1. The van der Waals surface area contributed by atoms with E-state index in [0.717, 1.165) is 27.8 Å². The second-order valence-corrected chi connectivity index (χ2v) is 9.91. The molecule has 4 rings (SSSR count). The highest BCUT2D eigenvalue weighted by molar-refractivity contribution is 8.24. The summed E-state index contributed by atoms with van der Waals surface area (Å²) in [7, 11) is -2.84. The second kappa shape index (κ2) is 8.74. The monoisotopic (exact) mass is 441 g/mol. The molecule has 31 heavy (non-hydrogen) atoms. The molecule has 0 bridgehead atoms. The first kappa shape index (κ1) is 21.4. The van der Waals surface area contributed by atoms with E-state index in [-0.39, 0.29) is 11.7 Å². The van der Waals surface area contributed by atoms with E-state index in [1.54, 1.807) is 6.07 Å². The Morgan fingerprint density at radius 2 is 2.03 bits per heavy atom.